The minimum Gasteiger partial charge on any atom is -0.399 e. The number of carbonyl (C=O) groups is 1. The summed E-state index contributed by atoms with van der Waals surface area (Å²) in [4.78, 5) is 16.2. The molecule has 0 saturated carbocycles. The highest BCUT2D eigenvalue weighted by molar-refractivity contribution is 5.91. The molecule has 0 atom stereocenters. The van der Waals surface area contributed by atoms with Gasteiger partial charge in [-0.3, -0.25) is 4.79 Å². The Morgan fingerprint density at radius 2 is 2.10 bits per heavy atom. The lowest BCUT2D eigenvalue weighted by molar-refractivity contribution is -0.116. The van der Waals surface area contributed by atoms with E-state index in [1.807, 2.05) is 39.2 Å². The summed E-state index contributed by atoms with van der Waals surface area (Å²) < 4.78 is 2.08. The Hall–Kier alpha value is -2.30. The van der Waals surface area contributed by atoms with Crippen LogP contribution in [0.25, 0.3) is 0 Å². The van der Waals surface area contributed by atoms with Gasteiger partial charge < -0.3 is 15.6 Å². The predicted octanol–water partition coefficient (Wildman–Crippen LogP) is 2.81. The van der Waals surface area contributed by atoms with Crippen molar-refractivity contribution in [3.8, 4) is 0 Å². The maximum absolute atomic E-state index is 12.0. The molecule has 0 aliphatic rings. The van der Waals surface area contributed by atoms with Crippen molar-refractivity contribution in [1.29, 1.82) is 0 Å². The van der Waals surface area contributed by atoms with Gasteiger partial charge in [-0.2, -0.15) is 0 Å². The second-order valence-corrected chi connectivity index (χ2v) is 5.33. The van der Waals surface area contributed by atoms with Crippen molar-refractivity contribution in [3.63, 3.8) is 0 Å². The predicted molar refractivity (Wildman–Crippen MR) is 85.2 cm³/mol. The summed E-state index contributed by atoms with van der Waals surface area (Å²) >= 11 is 0. The van der Waals surface area contributed by atoms with Crippen LogP contribution < -0.4 is 11.1 Å². The normalized spacial score (nSPS) is 10.6. The molecule has 5 heteroatoms. The number of aryl methyl sites for hydroxylation is 3. The van der Waals surface area contributed by atoms with Gasteiger partial charge in [-0.25, -0.2) is 4.98 Å². The molecule has 1 aromatic carbocycles. The molecular formula is C16H22N4O. The van der Waals surface area contributed by atoms with Crippen molar-refractivity contribution in [2.24, 2.45) is 0 Å². The first-order chi connectivity index (χ1) is 9.97. The first-order valence-electron chi connectivity index (χ1n) is 7.11. The van der Waals surface area contributed by atoms with Gasteiger partial charge in [0, 0.05) is 30.0 Å². The summed E-state index contributed by atoms with van der Waals surface area (Å²) in [5.74, 6) is 0.0122. The fourth-order valence-electron chi connectivity index (χ4n) is 2.17. The third-order valence-electron chi connectivity index (χ3n) is 3.68. The van der Waals surface area contributed by atoms with E-state index in [1.165, 1.54) is 0 Å². The molecule has 0 aliphatic heterocycles. The van der Waals surface area contributed by atoms with Crippen LogP contribution in [0.1, 0.15) is 29.8 Å². The van der Waals surface area contributed by atoms with Crippen LogP contribution in [-0.4, -0.2) is 15.5 Å². The highest BCUT2D eigenvalue weighted by atomic mass is 16.1. The van der Waals surface area contributed by atoms with E-state index in [0.717, 1.165) is 35.6 Å². The molecule has 0 radical (unpaired) electrons. The average molecular weight is 286 g/mol. The van der Waals surface area contributed by atoms with Gasteiger partial charge in [-0.05, 0) is 44.9 Å². The Morgan fingerprint density at radius 1 is 1.33 bits per heavy atom. The zero-order chi connectivity index (χ0) is 15.4. The monoisotopic (exact) mass is 286 g/mol. The van der Waals surface area contributed by atoms with Gasteiger partial charge in [0.05, 0.1) is 12.0 Å². The Labute approximate surface area is 125 Å². The molecule has 21 heavy (non-hydrogen) atoms. The van der Waals surface area contributed by atoms with Crippen LogP contribution in [0.3, 0.4) is 0 Å². The van der Waals surface area contributed by atoms with E-state index >= 15 is 0 Å². The number of nitrogens with zero attached hydrogens (tertiary/aromatic N) is 2. The van der Waals surface area contributed by atoms with E-state index in [-0.39, 0.29) is 5.91 Å². The van der Waals surface area contributed by atoms with Gasteiger partial charge in [0.2, 0.25) is 5.91 Å². The number of anilines is 2. The summed E-state index contributed by atoms with van der Waals surface area (Å²) in [6, 6.07) is 5.52. The molecule has 0 spiro atoms. The van der Waals surface area contributed by atoms with E-state index in [4.69, 9.17) is 5.73 Å². The maximum Gasteiger partial charge on any atom is 0.224 e. The largest absolute Gasteiger partial charge is 0.399 e. The van der Waals surface area contributed by atoms with Crippen molar-refractivity contribution in [2.45, 2.75) is 40.2 Å². The fraction of sp³-hybridized carbons (Fsp3) is 0.375. The minimum absolute atomic E-state index is 0.0122. The van der Waals surface area contributed by atoms with Crippen molar-refractivity contribution in [1.82, 2.24) is 9.55 Å². The van der Waals surface area contributed by atoms with Crippen LogP contribution in [0, 0.1) is 20.8 Å². The Balaban J connectivity index is 1.85. The van der Waals surface area contributed by atoms with Gasteiger partial charge in [0.15, 0.2) is 0 Å². The number of nitrogen functional groups attached to an aromatic ring is 1. The van der Waals surface area contributed by atoms with E-state index < -0.39 is 0 Å². The van der Waals surface area contributed by atoms with Gasteiger partial charge in [-0.15, -0.1) is 0 Å². The van der Waals surface area contributed by atoms with Crippen LogP contribution >= 0.6 is 0 Å². The molecule has 0 fully saturated rings. The summed E-state index contributed by atoms with van der Waals surface area (Å²) in [7, 11) is 0. The molecule has 0 saturated heterocycles. The van der Waals surface area contributed by atoms with Crippen LogP contribution in [0.2, 0.25) is 0 Å². The summed E-state index contributed by atoms with van der Waals surface area (Å²) in [5, 5.41) is 2.91. The molecule has 3 N–H and O–H groups in total. The number of aromatic nitrogens is 2. The van der Waals surface area contributed by atoms with Crippen molar-refractivity contribution in [2.75, 3.05) is 11.1 Å². The smallest absolute Gasteiger partial charge is 0.224 e. The number of hydrogen-bond donors (Lipinski definition) is 2. The number of carbonyl (C=O) groups excluding carboxylic acids is 1. The van der Waals surface area contributed by atoms with Crippen LogP contribution in [-0.2, 0) is 11.3 Å². The highest BCUT2D eigenvalue weighted by Gasteiger charge is 2.07. The van der Waals surface area contributed by atoms with E-state index in [9.17, 15) is 4.79 Å². The third-order valence-corrected chi connectivity index (χ3v) is 3.68. The number of hydrogen-bond acceptors (Lipinski definition) is 3. The van der Waals surface area contributed by atoms with E-state index in [1.54, 1.807) is 6.07 Å². The Morgan fingerprint density at radius 3 is 2.76 bits per heavy atom. The van der Waals surface area contributed by atoms with E-state index in [2.05, 4.69) is 14.9 Å². The first kappa shape index (κ1) is 15.1. The second kappa shape index (κ2) is 6.43. The van der Waals surface area contributed by atoms with Gasteiger partial charge in [0.25, 0.3) is 0 Å². The number of nitrogens with two attached hydrogens (primary N) is 1. The van der Waals surface area contributed by atoms with Crippen LogP contribution in [0.15, 0.2) is 24.5 Å². The molecule has 1 aromatic heterocycles. The fourth-order valence-corrected chi connectivity index (χ4v) is 2.17. The van der Waals surface area contributed by atoms with E-state index in [0.29, 0.717) is 12.1 Å². The van der Waals surface area contributed by atoms with Crippen molar-refractivity contribution < 1.29 is 4.79 Å². The molecule has 0 aliphatic carbocycles. The molecule has 112 valence electrons. The summed E-state index contributed by atoms with van der Waals surface area (Å²) in [6.07, 6.45) is 3.08. The van der Waals surface area contributed by atoms with Gasteiger partial charge in [0.1, 0.15) is 0 Å². The maximum atomic E-state index is 12.0. The zero-order valence-corrected chi connectivity index (χ0v) is 12.8. The van der Waals surface area contributed by atoms with Crippen LogP contribution in [0.4, 0.5) is 11.4 Å². The molecule has 2 rings (SSSR count). The Bertz CT molecular complexity index is 646. The quantitative estimate of drug-likeness (QED) is 0.830. The Kier molecular flexibility index (Phi) is 4.62. The second-order valence-electron chi connectivity index (χ2n) is 5.33. The number of nitrogens with one attached hydrogen (secondary N) is 1. The van der Waals surface area contributed by atoms with Gasteiger partial charge in [-0.1, -0.05) is 6.07 Å². The standard InChI is InChI=1S/C16H22N4O/c1-11-6-7-14(17)9-15(11)19-16(21)5-4-8-20-10-18-12(2)13(20)3/h6-7,9-10H,4-5,8,17H2,1-3H3,(H,19,21). The average Bonchev–Trinajstić information content (AvgIpc) is 2.75. The number of rotatable bonds is 5. The molecule has 1 heterocycles. The molecular weight excluding hydrogens is 264 g/mol. The molecule has 2 aromatic rings. The highest BCUT2D eigenvalue weighted by Crippen LogP contribution is 2.18. The van der Waals surface area contributed by atoms with Crippen LogP contribution in [0.5, 0.6) is 0 Å². The summed E-state index contributed by atoms with van der Waals surface area (Å²) in [5.41, 5.74) is 10.4. The van der Waals surface area contributed by atoms with Gasteiger partial charge >= 0.3 is 0 Å². The SMILES string of the molecule is Cc1ccc(N)cc1NC(=O)CCCn1cnc(C)c1C. The first-order valence-corrected chi connectivity index (χ1v) is 7.11. The number of amides is 1. The lowest BCUT2D eigenvalue weighted by Crippen LogP contribution is -2.13. The zero-order valence-electron chi connectivity index (χ0n) is 12.8. The number of benzene rings is 1. The minimum atomic E-state index is 0.0122. The molecule has 0 bridgehead atoms. The van der Waals surface area contributed by atoms with Crippen molar-refractivity contribution in [3.05, 3.63) is 41.5 Å². The molecule has 0 unspecified atom stereocenters. The number of imidazole rings is 1. The lowest BCUT2D eigenvalue weighted by Gasteiger charge is -2.10. The molecule has 5 nitrogen and oxygen atoms in total. The molecule has 1 amide bonds. The van der Waals surface area contributed by atoms with Crippen molar-refractivity contribution >= 4 is 17.3 Å². The third kappa shape index (κ3) is 3.84. The topological polar surface area (TPSA) is 72.9 Å². The lowest BCUT2D eigenvalue weighted by atomic mass is 10.1. The summed E-state index contributed by atoms with van der Waals surface area (Å²) in [6.45, 7) is 6.78.